The van der Waals surface area contributed by atoms with Crippen LogP contribution in [0.15, 0.2) is 60.7 Å². The minimum atomic E-state index is -2.56. The number of para-hydroxylation sites is 1. The van der Waals surface area contributed by atoms with E-state index in [2.05, 4.69) is 5.32 Å². The van der Waals surface area contributed by atoms with Gasteiger partial charge in [-0.1, -0.05) is 53.4 Å². The third-order valence-corrected chi connectivity index (χ3v) is 5.64. The van der Waals surface area contributed by atoms with Crippen molar-refractivity contribution < 1.29 is 28.5 Å². The van der Waals surface area contributed by atoms with Crippen LogP contribution in [-0.4, -0.2) is 42.3 Å². The van der Waals surface area contributed by atoms with Crippen LogP contribution in [0.5, 0.6) is 5.75 Å². The Balaban J connectivity index is 1.88. The Hall–Kier alpha value is -2.83. The standard InChI is InChI=1S/C21H27N2O6P/c1-3-27-20(24)17(2)23(29-19-12-8-5-9-13-19)30(26)15-14-22-21(25)28-16-18-10-6-4-7-11-18/h4-13,17,30H,3,14-16H2,1-2H3,(H,22,25)/t17-/m0/s1. The van der Waals surface area contributed by atoms with Gasteiger partial charge >= 0.3 is 12.1 Å². The first kappa shape index (κ1) is 23.4. The summed E-state index contributed by atoms with van der Waals surface area (Å²) in [5.74, 6) is -0.0933. The maximum atomic E-state index is 12.8. The molecular formula is C21H27N2O6P. The Morgan fingerprint density at radius 2 is 1.67 bits per heavy atom. The molecule has 9 heteroatoms. The van der Waals surface area contributed by atoms with Gasteiger partial charge in [-0.05, 0) is 31.5 Å². The van der Waals surface area contributed by atoms with Gasteiger partial charge in [0.15, 0.2) is 7.95 Å². The summed E-state index contributed by atoms with van der Waals surface area (Å²) in [6.45, 7) is 3.71. The Morgan fingerprint density at radius 3 is 2.30 bits per heavy atom. The third-order valence-electron chi connectivity index (χ3n) is 3.99. The molecule has 0 saturated heterocycles. The normalized spacial score (nSPS) is 12.6. The minimum absolute atomic E-state index is 0.0989. The van der Waals surface area contributed by atoms with E-state index in [1.165, 1.54) is 0 Å². The number of carbonyl (C=O) groups excluding carboxylic acids is 2. The smallest absolute Gasteiger partial charge is 0.407 e. The predicted octanol–water partition coefficient (Wildman–Crippen LogP) is 3.64. The highest BCUT2D eigenvalue weighted by Gasteiger charge is 2.29. The molecule has 0 aromatic heterocycles. The van der Waals surface area contributed by atoms with Crippen molar-refractivity contribution >= 4 is 20.0 Å². The van der Waals surface area contributed by atoms with E-state index in [-0.39, 0.29) is 25.9 Å². The van der Waals surface area contributed by atoms with Gasteiger partial charge in [0.2, 0.25) is 0 Å². The molecule has 2 atom stereocenters. The second-order valence-corrected chi connectivity index (χ2v) is 8.02. The summed E-state index contributed by atoms with van der Waals surface area (Å²) in [7, 11) is -2.56. The van der Waals surface area contributed by atoms with E-state index in [0.717, 1.165) is 10.4 Å². The second kappa shape index (κ2) is 12.7. The Morgan fingerprint density at radius 1 is 1.03 bits per heavy atom. The number of carbonyl (C=O) groups is 2. The molecular weight excluding hydrogens is 407 g/mol. The van der Waals surface area contributed by atoms with Gasteiger partial charge < -0.3 is 24.2 Å². The fraction of sp³-hybridized carbons (Fsp3) is 0.333. The molecule has 2 aromatic carbocycles. The Labute approximate surface area is 176 Å². The molecule has 2 rings (SSSR count). The van der Waals surface area contributed by atoms with Crippen LogP contribution in [-0.2, 0) is 25.4 Å². The number of hydrogen-bond acceptors (Lipinski definition) is 6. The molecule has 1 unspecified atom stereocenters. The summed E-state index contributed by atoms with van der Waals surface area (Å²) >= 11 is 0. The van der Waals surface area contributed by atoms with E-state index >= 15 is 0 Å². The van der Waals surface area contributed by atoms with Gasteiger partial charge in [-0.25, -0.2) is 4.79 Å². The fourth-order valence-electron chi connectivity index (χ4n) is 2.46. The van der Waals surface area contributed by atoms with E-state index in [0.29, 0.717) is 5.75 Å². The highest BCUT2D eigenvalue weighted by Crippen LogP contribution is 2.31. The molecule has 8 nitrogen and oxygen atoms in total. The molecule has 0 aliphatic heterocycles. The van der Waals surface area contributed by atoms with Crippen molar-refractivity contribution in [1.82, 2.24) is 10.2 Å². The van der Waals surface area contributed by atoms with Gasteiger partial charge in [0.25, 0.3) is 0 Å². The summed E-state index contributed by atoms with van der Waals surface area (Å²) in [4.78, 5) is 30.8. The molecule has 0 fully saturated rings. The van der Waals surface area contributed by atoms with Gasteiger partial charge in [0, 0.05) is 12.7 Å². The maximum absolute atomic E-state index is 12.8. The van der Waals surface area contributed by atoms with E-state index in [4.69, 9.17) is 14.3 Å². The van der Waals surface area contributed by atoms with Crippen LogP contribution >= 0.6 is 7.95 Å². The SMILES string of the molecule is CCOC(=O)[C@H](C)N(Oc1ccccc1)[PH](=O)CCNC(=O)OCc1ccccc1. The molecule has 1 N–H and O–H groups in total. The zero-order valence-corrected chi connectivity index (χ0v) is 18.1. The van der Waals surface area contributed by atoms with Crippen molar-refractivity contribution in [1.29, 1.82) is 0 Å². The van der Waals surface area contributed by atoms with Crippen molar-refractivity contribution in [2.24, 2.45) is 0 Å². The maximum Gasteiger partial charge on any atom is 0.407 e. The fourth-order valence-corrected chi connectivity index (χ4v) is 3.76. The summed E-state index contributed by atoms with van der Waals surface area (Å²) in [5.41, 5.74) is 0.868. The lowest BCUT2D eigenvalue weighted by molar-refractivity contribution is -0.153. The van der Waals surface area contributed by atoms with Gasteiger partial charge in [-0.3, -0.25) is 4.79 Å². The number of rotatable bonds is 11. The van der Waals surface area contributed by atoms with Crippen molar-refractivity contribution in [2.45, 2.75) is 26.5 Å². The lowest BCUT2D eigenvalue weighted by Crippen LogP contribution is -2.39. The molecule has 30 heavy (non-hydrogen) atoms. The minimum Gasteiger partial charge on any atom is -0.465 e. The number of ether oxygens (including phenoxy) is 2. The molecule has 0 spiro atoms. The van der Waals surface area contributed by atoms with Crippen LogP contribution in [0.2, 0.25) is 0 Å². The molecule has 0 heterocycles. The van der Waals surface area contributed by atoms with Crippen LogP contribution < -0.4 is 10.2 Å². The molecule has 0 radical (unpaired) electrons. The molecule has 0 aliphatic rings. The molecule has 162 valence electrons. The van der Waals surface area contributed by atoms with Crippen molar-refractivity contribution in [3.63, 3.8) is 0 Å². The number of nitrogens with zero attached hydrogens (tertiary/aromatic N) is 1. The van der Waals surface area contributed by atoms with Gasteiger partial charge in [-0.15, -0.1) is 0 Å². The Bertz CT molecular complexity index is 819. The average Bonchev–Trinajstić information content (AvgIpc) is 2.77. The van der Waals surface area contributed by atoms with Crippen LogP contribution in [0.25, 0.3) is 0 Å². The number of benzene rings is 2. The van der Waals surface area contributed by atoms with E-state index in [1.54, 1.807) is 38.1 Å². The molecule has 0 bridgehead atoms. The molecule has 2 aromatic rings. The van der Waals surface area contributed by atoms with Gasteiger partial charge in [-0.2, -0.15) is 0 Å². The first-order valence-corrected chi connectivity index (χ1v) is 11.2. The lowest BCUT2D eigenvalue weighted by atomic mass is 10.2. The molecule has 0 aliphatic carbocycles. The predicted molar refractivity (Wildman–Crippen MR) is 114 cm³/mol. The first-order chi connectivity index (χ1) is 14.5. The highest BCUT2D eigenvalue weighted by atomic mass is 31.1. The average molecular weight is 434 g/mol. The van der Waals surface area contributed by atoms with E-state index in [1.807, 2.05) is 36.4 Å². The first-order valence-electron chi connectivity index (χ1n) is 9.67. The topological polar surface area (TPSA) is 94.2 Å². The van der Waals surface area contributed by atoms with E-state index in [9.17, 15) is 14.2 Å². The number of hydrogen-bond donors (Lipinski definition) is 1. The van der Waals surface area contributed by atoms with Gasteiger partial charge in [0.05, 0.1) is 6.61 Å². The van der Waals surface area contributed by atoms with Crippen LogP contribution in [0.1, 0.15) is 19.4 Å². The quantitative estimate of drug-likeness (QED) is 0.328. The number of esters is 1. The number of amides is 1. The summed E-state index contributed by atoms with van der Waals surface area (Å²) in [6.07, 6.45) is -0.510. The largest absolute Gasteiger partial charge is 0.465 e. The van der Waals surface area contributed by atoms with Crippen LogP contribution in [0.3, 0.4) is 0 Å². The highest BCUT2D eigenvalue weighted by molar-refractivity contribution is 7.41. The lowest BCUT2D eigenvalue weighted by Gasteiger charge is -2.26. The number of hydroxylamine groups is 1. The zero-order chi connectivity index (χ0) is 21.8. The molecule has 1 amide bonds. The second-order valence-electron chi connectivity index (χ2n) is 6.29. The van der Waals surface area contributed by atoms with Gasteiger partial charge in [0.1, 0.15) is 18.4 Å². The summed E-state index contributed by atoms with van der Waals surface area (Å²) < 4.78 is 23.0. The van der Waals surface area contributed by atoms with E-state index < -0.39 is 26.1 Å². The summed E-state index contributed by atoms with van der Waals surface area (Å²) in [5, 5.41) is 2.56. The monoisotopic (exact) mass is 434 g/mol. The van der Waals surface area contributed by atoms with Crippen molar-refractivity contribution in [3.8, 4) is 5.75 Å². The number of alkyl carbamates (subject to hydrolysis) is 1. The zero-order valence-electron chi connectivity index (χ0n) is 17.1. The third kappa shape index (κ3) is 7.89. The Kier molecular flexibility index (Phi) is 9.91. The van der Waals surface area contributed by atoms with Crippen LogP contribution in [0.4, 0.5) is 4.79 Å². The molecule has 0 saturated carbocycles. The van der Waals surface area contributed by atoms with Crippen LogP contribution in [0, 0.1) is 0 Å². The summed E-state index contributed by atoms with van der Waals surface area (Å²) in [6, 6.07) is 17.2. The van der Waals surface area contributed by atoms with Crippen molar-refractivity contribution in [2.75, 3.05) is 19.3 Å². The number of nitrogens with one attached hydrogen (secondary N) is 1. The van der Waals surface area contributed by atoms with Crippen molar-refractivity contribution in [3.05, 3.63) is 66.2 Å².